The van der Waals surface area contributed by atoms with Crippen molar-refractivity contribution >= 4 is 5.97 Å². The van der Waals surface area contributed by atoms with Crippen molar-refractivity contribution in [1.29, 1.82) is 0 Å². The standard InChI is InChI=1S/C16H22O4/c1-4-16(2,3)15(17)19-11-13-10-18-14(20-13)12-8-6-5-7-9-12/h5-9,13-14H,4,10-11H2,1-3H3. The van der Waals surface area contributed by atoms with Crippen LogP contribution in [0.15, 0.2) is 30.3 Å². The van der Waals surface area contributed by atoms with E-state index in [9.17, 15) is 4.79 Å². The summed E-state index contributed by atoms with van der Waals surface area (Å²) in [6, 6.07) is 9.75. The third-order valence-corrected chi connectivity index (χ3v) is 3.66. The number of carbonyl (C=O) groups is 1. The van der Waals surface area contributed by atoms with Crippen LogP contribution in [-0.2, 0) is 19.0 Å². The normalized spacial score (nSPS) is 22.8. The summed E-state index contributed by atoms with van der Waals surface area (Å²) in [5.41, 5.74) is 0.536. The van der Waals surface area contributed by atoms with E-state index < -0.39 is 5.41 Å². The number of carbonyl (C=O) groups excluding carboxylic acids is 1. The SMILES string of the molecule is CCC(C)(C)C(=O)OCC1COC(c2ccccc2)O1. The van der Waals surface area contributed by atoms with Crippen molar-refractivity contribution in [3.63, 3.8) is 0 Å². The molecule has 20 heavy (non-hydrogen) atoms. The molecule has 1 saturated heterocycles. The molecule has 0 aliphatic carbocycles. The Morgan fingerprint density at radius 1 is 1.35 bits per heavy atom. The minimum atomic E-state index is -0.446. The second kappa shape index (κ2) is 6.37. The Bertz CT molecular complexity index is 441. The van der Waals surface area contributed by atoms with E-state index in [1.165, 1.54) is 0 Å². The average molecular weight is 278 g/mol. The summed E-state index contributed by atoms with van der Waals surface area (Å²) in [5.74, 6) is -0.188. The van der Waals surface area contributed by atoms with Crippen LogP contribution < -0.4 is 0 Å². The van der Waals surface area contributed by atoms with Gasteiger partial charge in [-0.15, -0.1) is 0 Å². The van der Waals surface area contributed by atoms with E-state index in [2.05, 4.69) is 0 Å². The van der Waals surface area contributed by atoms with Crippen molar-refractivity contribution in [2.45, 2.75) is 39.6 Å². The molecule has 2 unspecified atom stereocenters. The van der Waals surface area contributed by atoms with Gasteiger partial charge in [0.05, 0.1) is 12.0 Å². The smallest absolute Gasteiger partial charge is 0.311 e. The molecule has 1 heterocycles. The second-order valence-electron chi connectivity index (χ2n) is 5.67. The number of hydrogen-bond donors (Lipinski definition) is 0. The molecule has 0 saturated carbocycles. The van der Waals surface area contributed by atoms with Crippen LogP contribution in [0.25, 0.3) is 0 Å². The lowest BCUT2D eigenvalue weighted by Crippen LogP contribution is -2.29. The molecule has 0 bridgehead atoms. The molecule has 1 aromatic carbocycles. The van der Waals surface area contributed by atoms with E-state index in [1.807, 2.05) is 51.1 Å². The van der Waals surface area contributed by atoms with Crippen LogP contribution in [0.3, 0.4) is 0 Å². The number of hydrogen-bond acceptors (Lipinski definition) is 4. The van der Waals surface area contributed by atoms with Crippen LogP contribution in [0, 0.1) is 5.41 Å². The molecule has 0 aromatic heterocycles. The van der Waals surface area contributed by atoms with E-state index in [-0.39, 0.29) is 25.0 Å². The van der Waals surface area contributed by atoms with E-state index >= 15 is 0 Å². The van der Waals surface area contributed by atoms with Gasteiger partial charge in [0.2, 0.25) is 0 Å². The van der Waals surface area contributed by atoms with E-state index in [0.29, 0.717) is 6.61 Å². The van der Waals surface area contributed by atoms with Gasteiger partial charge in [0.25, 0.3) is 0 Å². The van der Waals surface area contributed by atoms with Crippen molar-refractivity contribution in [2.75, 3.05) is 13.2 Å². The largest absolute Gasteiger partial charge is 0.462 e. The van der Waals surface area contributed by atoms with Gasteiger partial charge in [-0.25, -0.2) is 0 Å². The fraction of sp³-hybridized carbons (Fsp3) is 0.562. The van der Waals surface area contributed by atoms with Crippen molar-refractivity contribution in [3.05, 3.63) is 35.9 Å². The van der Waals surface area contributed by atoms with Gasteiger partial charge in [0.15, 0.2) is 6.29 Å². The van der Waals surface area contributed by atoms with Crippen LogP contribution >= 0.6 is 0 Å². The second-order valence-corrected chi connectivity index (χ2v) is 5.67. The summed E-state index contributed by atoms with van der Waals surface area (Å²) in [6.07, 6.45) is 0.191. The van der Waals surface area contributed by atoms with E-state index in [1.54, 1.807) is 0 Å². The van der Waals surface area contributed by atoms with Crippen molar-refractivity contribution in [3.8, 4) is 0 Å². The van der Waals surface area contributed by atoms with E-state index in [4.69, 9.17) is 14.2 Å². The Balaban J connectivity index is 1.81. The first-order valence-electron chi connectivity index (χ1n) is 7.02. The Kier molecular flexibility index (Phi) is 4.78. The first kappa shape index (κ1) is 15.0. The molecule has 1 aliphatic rings. The van der Waals surface area contributed by atoms with Gasteiger partial charge in [-0.2, -0.15) is 0 Å². The van der Waals surface area contributed by atoms with Crippen LogP contribution in [-0.4, -0.2) is 25.3 Å². The molecule has 2 atom stereocenters. The summed E-state index contributed by atoms with van der Waals surface area (Å²) in [4.78, 5) is 11.9. The van der Waals surface area contributed by atoms with Crippen molar-refractivity contribution in [2.24, 2.45) is 5.41 Å². The zero-order valence-corrected chi connectivity index (χ0v) is 12.3. The fourth-order valence-corrected chi connectivity index (χ4v) is 1.83. The maximum absolute atomic E-state index is 11.9. The lowest BCUT2D eigenvalue weighted by molar-refractivity contribution is -0.158. The van der Waals surface area contributed by atoms with Crippen LogP contribution in [0.2, 0.25) is 0 Å². The van der Waals surface area contributed by atoms with Gasteiger partial charge < -0.3 is 14.2 Å². The third kappa shape index (κ3) is 3.58. The molecular weight excluding hydrogens is 256 g/mol. The summed E-state index contributed by atoms with van der Waals surface area (Å²) in [6.45, 7) is 6.43. The maximum atomic E-state index is 11.9. The summed E-state index contributed by atoms with van der Waals surface area (Å²) in [7, 11) is 0. The molecule has 0 N–H and O–H groups in total. The number of benzene rings is 1. The van der Waals surface area contributed by atoms with Crippen LogP contribution in [0.5, 0.6) is 0 Å². The first-order valence-corrected chi connectivity index (χ1v) is 7.02. The molecule has 1 aliphatic heterocycles. The summed E-state index contributed by atoms with van der Waals surface area (Å²) in [5, 5.41) is 0. The Hall–Kier alpha value is -1.39. The minimum absolute atomic E-state index is 0.188. The van der Waals surface area contributed by atoms with Gasteiger partial charge in [-0.05, 0) is 20.3 Å². The Morgan fingerprint density at radius 3 is 2.70 bits per heavy atom. The number of ether oxygens (including phenoxy) is 3. The fourth-order valence-electron chi connectivity index (χ4n) is 1.83. The predicted molar refractivity (Wildman–Crippen MR) is 75.0 cm³/mol. The molecule has 4 nitrogen and oxygen atoms in total. The highest BCUT2D eigenvalue weighted by atomic mass is 16.7. The molecule has 0 radical (unpaired) electrons. The lowest BCUT2D eigenvalue weighted by Gasteiger charge is -2.21. The van der Waals surface area contributed by atoms with Gasteiger partial charge in [0, 0.05) is 5.56 Å². The zero-order chi connectivity index (χ0) is 14.6. The van der Waals surface area contributed by atoms with Crippen molar-refractivity contribution in [1.82, 2.24) is 0 Å². The van der Waals surface area contributed by atoms with Crippen LogP contribution in [0.1, 0.15) is 39.0 Å². The molecule has 4 heteroatoms. The monoisotopic (exact) mass is 278 g/mol. The lowest BCUT2D eigenvalue weighted by atomic mass is 9.91. The quantitative estimate of drug-likeness (QED) is 0.776. The Morgan fingerprint density at radius 2 is 2.05 bits per heavy atom. The predicted octanol–water partition coefficient (Wildman–Crippen LogP) is 3.08. The van der Waals surface area contributed by atoms with Gasteiger partial charge in [-0.1, -0.05) is 37.3 Å². The highest BCUT2D eigenvalue weighted by molar-refractivity contribution is 5.75. The van der Waals surface area contributed by atoms with Gasteiger partial charge in [-0.3, -0.25) is 4.79 Å². The minimum Gasteiger partial charge on any atom is -0.462 e. The molecule has 1 fully saturated rings. The molecule has 0 spiro atoms. The molecule has 2 rings (SSSR count). The average Bonchev–Trinajstić information content (AvgIpc) is 2.94. The van der Waals surface area contributed by atoms with E-state index in [0.717, 1.165) is 12.0 Å². The van der Waals surface area contributed by atoms with Gasteiger partial charge in [0.1, 0.15) is 12.7 Å². The highest BCUT2D eigenvalue weighted by Gasteiger charge is 2.31. The first-order chi connectivity index (χ1) is 9.53. The zero-order valence-electron chi connectivity index (χ0n) is 12.3. The third-order valence-electron chi connectivity index (χ3n) is 3.66. The summed E-state index contributed by atoms with van der Waals surface area (Å²) < 4.78 is 16.6. The van der Waals surface area contributed by atoms with Gasteiger partial charge >= 0.3 is 5.97 Å². The molecule has 110 valence electrons. The summed E-state index contributed by atoms with van der Waals surface area (Å²) >= 11 is 0. The topological polar surface area (TPSA) is 44.8 Å². The molecule has 0 amide bonds. The maximum Gasteiger partial charge on any atom is 0.311 e. The Labute approximate surface area is 120 Å². The highest BCUT2D eigenvalue weighted by Crippen LogP contribution is 2.27. The molecular formula is C16H22O4. The molecule has 1 aromatic rings. The number of esters is 1. The number of rotatable bonds is 5. The van der Waals surface area contributed by atoms with Crippen molar-refractivity contribution < 1.29 is 19.0 Å². The van der Waals surface area contributed by atoms with Crippen LogP contribution in [0.4, 0.5) is 0 Å².